The Hall–Kier alpha value is -1.83. The van der Waals surface area contributed by atoms with Crippen LogP contribution in [0.1, 0.15) is 23.4 Å². The van der Waals surface area contributed by atoms with Crippen LogP contribution < -0.4 is 5.32 Å². The number of carbonyl (C=O) groups is 1. The van der Waals surface area contributed by atoms with Crippen LogP contribution in [0.15, 0.2) is 30.3 Å². The van der Waals surface area contributed by atoms with Crippen molar-refractivity contribution >= 4 is 22.4 Å². The van der Waals surface area contributed by atoms with Crippen LogP contribution in [-0.2, 0) is 22.6 Å². The fraction of sp³-hybridized carbons (Fsp3) is 0.500. The van der Waals surface area contributed by atoms with Crippen LogP contribution in [0.3, 0.4) is 0 Å². The molecule has 6 nitrogen and oxygen atoms in total. The smallest absolute Gasteiger partial charge is 0.240 e. The SMILES string of the molecule is COCc1nnc(NC(=O)CN2CCC(Cc3ccccc3)CC2)s1. The van der Waals surface area contributed by atoms with E-state index >= 15 is 0 Å². The van der Waals surface area contributed by atoms with Gasteiger partial charge in [-0.1, -0.05) is 41.7 Å². The van der Waals surface area contributed by atoms with Crippen molar-refractivity contribution in [2.45, 2.75) is 25.9 Å². The molecular weight excluding hydrogens is 336 g/mol. The summed E-state index contributed by atoms with van der Waals surface area (Å²) in [4.78, 5) is 14.4. The fourth-order valence-corrected chi connectivity index (χ4v) is 3.87. The van der Waals surface area contributed by atoms with Gasteiger partial charge in [0.05, 0.1) is 6.54 Å². The van der Waals surface area contributed by atoms with Crippen molar-refractivity contribution in [2.75, 3.05) is 32.1 Å². The Morgan fingerprint density at radius 3 is 2.76 bits per heavy atom. The van der Waals surface area contributed by atoms with Crippen LogP contribution in [0.2, 0.25) is 0 Å². The molecule has 7 heteroatoms. The molecule has 0 aliphatic carbocycles. The van der Waals surface area contributed by atoms with Gasteiger partial charge < -0.3 is 4.74 Å². The molecular formula is C18H24N4O2S. The Labute approximate surface area is 152 Å². The minimum atomic E-state index is -0.0263. The second-order valence-corrected chi connectivity index (χ2v) is 7.45. The van der Waals surface area contributed by atoms with Crippen LogP contribution in [-0.4, -0.2) is 47.7 Å². The van der Waals surface area contributed by atoms with Crippen molar-refractivity contribution in [2.24, 2.45) is 5.92 Å². The molecule has 1 aromatic heterocycles. The molecule has 1 N–H and O–H groups in total. The zero-order valence-electron chi connectivity index (χ0n) is 14.5. The van der Waals surface area contributed by atoms with Crippen molar-refractivity contribution in [1.82, 2.24) is 15.1 Å². The molecule has 0 unspecified atom stereocenters. The molecule has 0 radical (unpaired) electrons. The van der Waals surface area contributed by atoms with Crippen molar-refractivity contribution < 1.29 is 9.53 Å². The molecule has 134 valence electrons. The number of nitrogens with zero attached hydrogens (tertiary/aromatic N) is 3. The Morgan fingerprint density at radius 2 is 2.04 bits per heavy atom. The average Bonchev–Trinajstić information content (AvgIpc) is 3.05. The van der Waals surface area contributed by atoms with Gasteiger partial charge in [-0.3, -0.25) is 15.0 Å². The number of likely N-dealkylation sites (tertiary alicyclic amines) is 1. The average molecular weight is 360 g/mol. The van der Waals surface area contributed by atoms with E-state index in [0.717, 1.165) is 37.4 Å². The monoisotopic (exact) mass is 360 g/mol. The number of amides is 1. The number of aromatic nitrogens is 2. The number of nitrogens with one attached hydrogen (secondary N) is 1. The molecule has 1 amide bonds. The number of benzene rings is 1. The molecule has 1 aliphatic rings. The van der Waals surface area contributed by atoms with Gasteiger partial charge in [0.1, 0.15) is 11.6 Å². The third kappa shape index (κ3) is 5.59. The minimum Gasteiger partial charge on any atom is -0.377 e. The Balaban J connectivity index is 1.40. The topological polar surface area (TPSA) is 67.4 Å². The fourth-order valence-electron chi connectivity index (χ4n) is 3.14. The predicted octanol–water partition coefficient (Wildman–Crippen LogP) is 2.58. The van der Waals surface area contributed by atoms with E-state index in [1.807, 2.05) is 0 Å². The quantitative estimate of drug-likeness (QED) is 0.822. The number of rotatable bonds is 7. The first-order chi connectivity index (χ1) is 12.2. The second-order valence-electron chi connectivity index (χ2n) is 6.39. The lowest BCUT2D eigenvalue weighted by atomic mass is 9.90. The first-order valence-electron chi connectivity index (χ1n) is 8.60. The van der Waals surface area contributed by atoms with Gasteiger partial charge in [-0.25, -0.2) is 0 Å². The lowest BCUT2D eigenvalue weighted by molar-refractivity contribution is -0.117. The van der Waals surface area contributed by atoms with Gasteiger partial charge >= 0.3 is 0 Å². The highest BCUT2D eigenvalue weighted by atomic mass is 32.1. The van der Waals surface area contributed by atoms with Crippen molar-refractivity contribution in [3.05, 3.63) is 40.9 Å². The summed E-state index contributed by atoms with van der Waals surface area (Å²) in [6.07, 6.45) is 3.41. The van der Waals surface area contributed by atoms with Crippen LogP contribution in [0.5, 0.6) is 0 Å². The van der Waals surface area contributed by atoms with Gasteiger partial charge in [-0.15, -0.1) is 10.2 Å². The van der Waals surface area contributed by atoms with Crippen LogP contribution in [0.25, 0.3) is 0 Å². The van der Waals surface area contributed by atoms with Gasteiger partial charge in [0.25, 0.3) is 0 Å². The van der Waals surface area contributed by atoms with Crippen molar-refractivity contribution in [3.8, 4) is 0 Å². The summed E-state index contributed by atoms with van der Waals surface area (Å²) in [5.41, 5.74) is 1.40. The van der Waals surface area contributed by atoms with E-state index in [2.05, 4.69) is 50.7 Å². The van der Waals surface area contributed by atoms with Crippen LogP contribution in [0, 0.1) is 5.92 Å². The van der Waals surface area contributed by atoms with E-state index < -0.39 is 0 Å². The molecule has 2 heterocycles. The maximum Gasteiger partial charge on any atom is 0.240 e. The first kappa shape index (κ1) is 18.0. The highest BCUT2D eigenvalue weighted by Crippen LogP contribution is 2.22. The van der Waals surface area contributed by atoms with Gasteiger partial charge in [-0.2, -0.15) is 0 Å². The number of hydrogen-bond donors (Lipinski definition) is 1. The molecule has 1 aromatic carbocycles. The largest absolute Gasteiger partial charge is 0.377 e. The number of piperidine rings is 1. The van der Waals surface area contributed by atoms with E-state index in [1.165, 1.54) is 16.9 Å². The molecule has 1 fully saturated rings. The summed E-state index contributed by atoms with van der Waals surface area (Å²) in [6.45, 7) is 2.77. The van der Waals surface area contributed by atoms with Gasteiger partial charge in [0.2, 0.25) is 11.0 Å². The zero-order valence-corrected chi connectivity index (χ0v) is 15.3. The van der Waals surface area contributed by atoms with Gasteiger partial charge in [0, 0.05) is 7.11 Å². The first-order valence-corrected chi connectivity index (χ1v) is 9.42. The Morgan fingerprint density at radius 1 is 1.28 bits per heavy atom. The Kier molecular flexibility index (Phi) is 6.49. The van der Waals surface area contributed by atoms with E-state index in [1.54, 1.807) is 7.11 Å². The molecule has 2 aromatic rings. The third-order valence-corrected chi connectivity index (χ3v) is 5.23. The van der Waals surface area contributed by atoms with Crippen LogP contribution >= 0.6 is 11.3 Å². The summed E-state index contributed by atoms with van der Waals surface area (Å²) in [5.74, 6) is 0.683. The van der Waals surface area contributed by atoms with Crippen molar-refractivity contribution in [1.29, 1.82) is 0 Å². The van der Waals surface area contributed by atoms with E-state index in [-0.39, 0.29) is 5.91 Å². The number of carbonyl (C=O) groups excluding carboxylic acids is 1. The molecule has 0 spiro atoms. The molecule has 0 saturated carbocycles. The lowest BCUT2D eigenvalue weighted by Gasteiger charge is -2.31. The lowest BCUT2D eigenvalue weighted by Crippen LogP contribution is -2.39. The molecule has 25 heavy (non-hydrogen) atoms. The zero-order chi connectivity index (χ0) is 17.5. The normalized spacial score (nSPS) is 16.0. The van der Waals surface area contributed by atoms with Crippen LogP contribution in [0.4, 0.5) is 5.13 Å². The van der Waals surface area contributed by atoms with Crippen molar-refractivity contribution in [3.63, 3.8) is 0 Å². The van der Waals surface area contributed by atoms with Gasteiger partial charge in [-0.05, 0) is 43.8 Å². The van der Waals surface area contributed by atoms with E-state index in [9.17, 15) is 4.79 Å². The molecule has 0 bridgehead atoms. The maximum atomic E-state index is 12.2. The highest BCUT2D eigenvalue weighted by Gasteiger charge is 2.21. The minimum absolute atomic E-state index is 0.0263. The molecule has 3 rings (SSSR count). The molecule has 0 atom stereocenters. The Bertz CT molecular complexity index is 669. The van der Waals surface area contributed by atoms with E-state index in [4.69, 9.17) is 4.74 Å². The molecule has 1 aliphatic heterocycles. The predicted molar refractivity (Wildman–Crippen MR) is 98.6 cm³/mol. The maximum absolute atomic E-state index is 12.2. The summed E-state index contributed by atoms with van der Waals surface area (Å²) in [5, 5.41) is 12.1. The summed E-state index contributed by atoms with van der Waals surface area (Å²) in [6, 6.07) is 10.6. The third-order valence-electron chi connectivity index (χ3n) is 4.42. The standard InChI is InChI=1S/C18H24N4O2S/c1-24-13-17-20-21-18(25-17)19-16(23)12-22-9-7-15(8-10-22)11-14-5-3-2-4-6-14/h2-6,15H,7-13H2,1H3,(H,19,21,23). The number of methoxy groups -OCH3 is 1. The molecule has 1 saturated heterocycles. The highest BCUT2D eigenvalue weighted by molar-refractivity contribution is 7.15. The number of hydrogen-bond acceptors (Lipinski definition) is 6. The summed E-state index contributed by atoms with van der Waals surface area (Å²) >= 11 is 1.35. The summed E-state index contributed by atoms with van der Waals surface area (Å²) in [7, 11) is 1.61. The number of ether oxygens (including phenoxy) is 1. The number of anilines is 1. The van der Waals surface area contributed by atoms with E-state index in [0.29, 0.717) is 24.2 Å². The van der Waals surface area contributed by atoms with Gasteiger partial charge in [0.15, 0.2) is 0 Å². The summed E-state index contributed by atoms with van der Waals surface area (Å²) < 4.78 is 5.01. The second kappa shape index (κ2) is 9.03.